The van der Waals surface area contributed by atoms with Crippen LogP contribution in [-0.2, 0) is 0 Å². The topological polar surface area (TPSA) is 42.0 Å². The fourth-order valence-electron chi connectivity index (χ4n) is 2.07. The Hall–Kier alpha value is -1.82. The molecule has 0 aliphatic carbocycles. The number of halogens is 1. The van der Waals surface area contributed by atoms with E-state index in [1.807, 2.05) is 42.7 Å². The number of amides is 1. The molecule has 0 spiro atoms. The molecule has 0 unspecified atom stereocenters. The third kappa shape index (κ3) is 3.75. The van der Waals surface area contributed by atoms with Gasteiger partial charge in [-0.05, 0) is 48.7 Å². The molecule has 23 heavy (non-hydrogen) atoms. The van der Waals surface area contributed by atoms with Crippen LogP contribution in [0.4, 0.5) is 5.69 Å². The lowest BCUT2D eigenvalue weighted by molar-refractivity contribution is 0.103. The van der Waals surface area contributed by atoms with Crippen LogP contribution in [0.25, 0.3) is 11.3 Å². The van der Waals surface area contributed by atoms with E-state index in [1.54, 1.807) is 30.1 Å². The van der Waals surface area contributed by atoms with E-state index in [1.165, 1.54) is 11.3 Å². The molecule has 0 saturated carbocycles. The van der Waals surface area contributed by atoms with Gasteiger partial charge in [-0.3, -0.25) is 9.78 Å². The monoisotopic (exact) mass is 360 g/mol. The first-order valence-electron chi connectivity index (χ1n) is 6.83. The zero-order valence-electron chi connectivity index (χ0n) is 12.2. The lowest BCUT2D eigenvalue weighted by atomic mass is 10.1. The molecule has 3 rings (SSSR count). The van der Waals surface area contributed by atoms with Gasteiger partial charge in [-0.25, -0.2) is 0 Å². The maximum Gasteiger partial charge on any atom is 0.265 e. The number of nitrogens with zero attached hydrogens (tertiary/aromatic N) is 1. The number of carbonyl (C=O) groups is 1. The summed E-state index contributed by atoms with van der Waals surface area (Å²) in [5.41, 5.74) is 2.26. The molecular formula is C17H13ClN2OS2. The summed E-state index contributed by atoms with van der Waals surface area (Å²) in [6, 6.07) is 14.8. The summed E-state index contributed by atoms with van der Waals surface area (Å²) in [5, 5.41) is 3.51. The molecule has 1 aromatic carbocycles. The van der Waals surface area contributed by atoms with E-state index in [0.29, 0.717) is 15.6 Å². The Morgan fingerprint density at radius 2 is 2.09 bits per heavy atom. The van der Waals surface area contributed by atoms with Crippen molar-refractivity contribution < 1.29 is 4.79 Å². The van der Waals surface area contributed by atoms with Crippen LogP contribution in [0.15, 0.2) is 58.9 Å². The fraction of sp³-hybridized carbons (Fsp3) is 0.0588. The maximum atomic E-state index is 12.3. The van der Waals surface area contributed by atoms with Gasteiger partial charge in [0, 0.05) is 17.4 Å². The molecule has 0 aliphatic rings. The van der Waals surface area contributed by atoms with Crippen LogP contribution >= 0.6 is 34.7 Å². The highest BCUT2D eigenvalue weighted by atomic mass is 35.5. The molecule has 0 fully saturated rings. The summed E-state index contributed by atoms with van der Waals surface area (Å²) in [7, 11) is 0. The molecule has 1 N–H and O–H groups in total. The smallest absolute Gasteiger partial charge is 0.265 e. The lowest BCUT2D eigenvalue weighted by Gasteiger charge is -2.08. The van der Waals surface area contributed by atoms with E-state index in [2.05, 4.69) is 10.3 Å². The number of hydrogen-bond acceptors (Lipinski definition) is 4. The van der Waals surface area contributed by atoms with Crippen LogP contribution in [-0.4, -0.2) is 17.1 Å². The van der Waals surface area contributed by atoms with Gasteiger partial charge < -0.3 is 5.32 Å². The molecule has 3 nitrogen and oxygen atoms in total. The number of carbonyl (C=O) groups excluding carboxylic acids is 1. The molecule has 0 saturated heterocycles. The Morgan fingerprint density at radius 3 is 2.78 bits per heavy atom. The SMILES string of the molecule is CSc1ccc(C(=O)Nc2ccc(Cl)c(-c3ccccn3)c2)s1. The second-order valence-corrected chi connectivity index (χ2v) is 7.28. The molecule has 0 bridgehead atoms. The van der Waals surface area contributed by atoms with Crippen LogP contribution in [0.5, 0.6) is 0 Å². The number of thiophene rings is 1. The largest absolute Gasteiger partial charge is 0.321 e. The number of rotatable bonds is 4. The van der Waals surface area contributed by atoms with Gasteiger partial charge in [-0.2, -0.15) is 0 Å². The molecule has 6 heteroatoms. The number of anilines is 1. The van der Waals surface area contributed by atoms with E-state index < -0.39 is 0 Å². The first-order valence-corrected chi connectivity index (χ1v) is 9.25. The number of hydrogen-bond donors (Lipinski definition) is 1. The molecule has 2 aromatic heterocycles. The van der Waals surface area contributed by atoms with Crippen LogP contribution in [0, 0.1) is 0 Å². The van der Waals surface area contributed by atoms with Crippen LogP contribution < -0.4 is 5.32 Å². The number of nitrogens with one attached hydrogen (secondary N) is 1. The highest BCUT2D eigenvalue weighted by Gasteiger charge is 2.11. The van der Waals surface area contributed by atoms with Crippen molar-refractivity contribution in [2.24, 2.45) is 0 Å². The van der Waals surface area contributed by atoms with Crippen LogP contribution in [0.3, 0.4) is 0 Å². The average molecular weight is 361 g/mol. The Balaban J connectivity index is 1.85. The third-order valence-electron chi connectivity index (χ3n) is 3.17. The summed E-state index contributed by atoms with van der Waals surface area (Å²) >= 11 is 9.36. The predicted octanol–water partition coefficient (Wildman–Crippen LogP) is 5.44. The standard InChI is InChI=1S/C17H13ClN2OS2/c1-22-16-8-7-15(23-16)17(21)20-11-5-6-13(18)12(10-11)14-4-2-3-9-19-14/h2-10H,1H3,(H,20,21). The molecule has 116 valence electrons. The lowest BCUT2D eigenvalue weighted by Crippen LogP contribution is -2.10. The van der Waals surface area contributed by atoms with Crippen molar-refractivity contribution in [2.75, 3.05) is 11.6 Å². The summed E-state index contributed by atoms with van der Waals surface area (Å²) in [4.78, 5) is 17.3. The average Bonchev–Trinajstić information content (AvgIpc) is 3.07. The van der Waals surface area contributed by atoms with Gasteiger partial charge in [-0.1, -0.05) is 17.7 Å². The molecule has 0 atom stereocenters. The van der Waals surface area contributed by atoms with E-state index in [0.717, 1.165) is 15.5 Å². The van der Waals surface area contributed by atoms with Crippen molar-refractivity contribution in [3.63, 3.8) is 0 Å². The quantitative estimate of drug-likeness (QED) is 0.630. The normalized spacial score (nSPS) is 10.5. The minimum Gasteiger partial charge on any atom is -0.321 e. The van der Waals surface area contributed by atoms with Gasteiger partial charge >= 0.3 is 0 Å². The first-order chi connectivity index (χ1) is 11.2. The third-order valence-corrected chi connectivity index (χ3v) is 5.67. The van der Waals surface area contributed by atoms with Gasteiger partial charge in [0.15, 0.2) is 0 Å². The van der Waals surface area contributed by atoms with Crippen molar-refractivity contribution in [3.05, 3.63) is 64.6 Å². The second-order valence-electron chi connectivity index (χ2n) is 4.69. The molecule has 0 radical (unpaired) electrons. The molecule has 2 heterocycles. The Bertz CT molecular complexity index is 834. The van der Waals surface area contributed by atoms with E-state index in [9.17, 15) is 4.79 Å². The van der Waals surface area contributed by atoms with E-state index in [4.69, 9.17) is 11.6 Å². The molecule has 3 aromatic rings. The van der Waals surface area contributed by atoms with Gasteiger partial charge in [0.2, 0.25) is 0 Å². The van der Waals surface area contributed by atoms with Crippen molar-refractivity contribution in [3.8, 4) is 11.3 Å². The van der Waals surface area contributed by atoms with Gasteiger partial charge in [0.05, 0.1) is 19.8 Å². The Kier molecular flexibility index (Phi) is 5.00. The van der Waals surface area contributed by atoms with Crippen LogP contribution in [0.1, 0.15) is 9.67 Å². The molecule has 0 aliphatic heterocycles. The van der Waals surface area contributed by atoms with Gasteiger partial charge in [0.1, 0.15) is 0 Å². The number of aromatic nitrogens is 1. The zero-order valence-corrected chi connectivity index (χ0v) is 14.6. The van der Waals surface area contributed by atoms with Crippen molar-refractivity contribution in [1.82, 2.24) is 4.98 Å². The highest BCUT2D eigenvalue weighted by Crippen LogP contribution is 2.30. The van der Waals surface area contributed by atoms with Gasteiger partial charge in [-0.15, -0.1) is 23.1 Å². The van der Waals surface area contributed by atoms with Crippen molar-refractivity contribution in [2.45, 2.75) is 4.21 Å². The summed E-state index contributed by atoms with van der Waals surface area (Å²) in [6.07, 6.45) is 3.71. The minimum absolute atomic E-state index is 0.121. The van der Waals surface area contributed by atoms with E-state index >= 15 is 0 Å². The minimum atomic E-state index is -0.121. The van der Waals surface area contributed by atoms with E-state index in [-0.39, 0.29) is 5.91 Å². The first kappa shape index (κ1) is 16.1. The number of thioether (sulfide) groups is 1. The summed E-state index contributed by atoms with van der Waals surface area (Å²) < 4.78 is 1.11. The number of benzene rings is 1. The fourth-order valence-corrected chi connectivity index (χ4v) is 3.72. The molecular weight excluding hydrogens is 348 g/mol. The number of pyridine rings is 1. The van der Waals surface area contributed by atoms with Gasteiger partial charge in [0.25, 0.3) is 5.91 Å². The maximum absolute atomic E-state index is 12.3. The Labute approximate surface area is 147 Å². The Morgan fingerprint density at radius 1 is 1.22 bits per heavy atom. The molecule has 1 amide bonds. The predicted molar refractivity (Wildman–Crippen MR) is 98.7 cm³/mol. The van der Waals surface area contributed by atoms with Crippen molar-refractivity contribution in [1.29, 1.82) is 0 Å². The van der Waals surface area contributed by atoms with Crippen LogP contribution in [0.2, 0.25) is 5.02 Å². The zero-order chi connectivity index (χ0) is 16.2. The van der Waals surface area contributed by atoms with Crippen molar-refractivity contribution >= 4 is 46.3 Å². The summed E-state index contributed by atoms with van der Waals surface area (Å²) in [6.45, 7) is 0. The highest BCUT2D eigenvalue weighted by molar-refractivity contribution is 8.00. The summed E-state index contributed by atoms with van der Waals surface area (Å²) in [5.74, 6) is -0.121. The second kappa shape index (κ2) is 7.17.